The highest BCUT2D eigenvalue weighted by atomic mass is 79.9. The second kappa shape index (κ2) is 7.43. The summed E-state index contributed by atoms with van der Waals surface area (Å²) in [7, 11) is 0. The molecule has 1 aliphatic heterocycles. The summed E-state index contributed by atoms with van der Waals surface area (Å²) in [4.78, 5) is 24.1. The number of phenols is 1. The number of carbonyl (C=O) groups excluding carboxylic acids is 1. The van der Waals surface area contributed by atoms with E-state index in [1.807, 2.05) is 20.8 Å². The van der Waals surface area contributed by atoms with Crippen molar-refractivity contribution >= 4 is 33.8 Å². The Balaban J connectivity index is 2.11. The quantitative estimate of drug-likeness (QED) is 0.570. The first-order valence-electron chi connectivity index (χ1n) is 7.91. The van der Waals surface area contributed by atoms with Crippen LogP contribution in [0.15, 0.2) is 22.2 Å². The van der Waals surface area contributed by atoms with Gasteiger partial charge in [-0.05, 0) is 39.7 Å². The number of ether oxygens (including phenoxy) is 1. The molecule has 1 heterocycles. The van der Waals surface area contributed by atoms with Crippen molar-refractivity contribution in [2.75, 3.05) is 13.1 Å². The second-order valence-electron chi connectivity index (χ2n) is 6.89. The fourth-order valence-corrected chi connectivity index (χ4v) is 2.99. The maximum absolute atomic E-state index is 12.1. The number of hydrogen-bond acceptors (Lipinski definition) is 5. The Morgan fingerprint density at radius 3 is 2.48 bits per heavy atom. The van der Waals surface area contributed by atoms with Gasteiger partial charge in [0.05, 0.1) is 4.92 Å². The maximum Gasteiger partial charge on any atom is 0.410 e. The number of carbonyl (C=O) groups is 1. The van der Waals surface area contributed by atoms with Crippen LogP contribution in [0.5, 0.6) is 5.75 Å². The average Bonchev–Trinajstić information content (AvgIpc) is 2.49. The molecule has 8 heteroatoms. The van der Waals surface area contributed by atoms with E-state index in [1.165, 1.54) is 6.07 Å². The molecule has 7 nitrogen and oxygen atoms in total. The van der Waals surface area contributed by atoms with Crippen LogP contribution < -0.4 is 0 Å². The molecule has 25 heavy (non-hydrogen) atoms. The fraction of sp³-hybridized carbons (Fsp3) is 0.471. The van der Waals surface area contributed by atoms with E-state index in [1.54, 1.807) is 17.0 Å². The standard InChI is InChI=1S/C17H21BrN2O5/c1-17(2,3)25-16(22)19-6-4-11(5-7-19)8-12-9-13(18)10-14(15(12)21)20(23)24/h8-10,21H,4-7H2,1-3H3. The topological polar surface area (TPSA) is 92.9 Å². The summed E-state index contributed by atoms with van der Waals surface area (Å²) in [6.45, 7) is 6.49. The minimum atomic E-state index is -0.618. The summed E-state index contributed by atoms with van der Waals surface area (Å²) < 4.78 is 5.88. The number of amides is 1. The highest BCUT2D eigenvalue weighted by molar-refractivity contribution is 9.10. The van der Waals surface area contributed by atoms with Crippen molar-refractivity contribution in [2.45, 2.75) is 39.2 Å². The van der Waals surface area contributed by atoms with Gasteiger partial charge in [-0.2, -0.15) is 0 Å². The molecule has 0 unspecified atom stereocenters. The summed E-state index contributed by atoms with van der Waals surface area (Å²) in [5.41, 5.74) is 0.533. The molecule has 1 aromatic rings. The Morgan fingerprint density at radius 2 is 1.96 bits per heavy atom. The molecule has 1 N–H and O–H groups in total. The van der Waals surface area contributed by atoms with Gasteiger partial charge in [0.1, 0.15) is 5.60 Å². The smallest absolute Gasteiger partial charge is 0.410 e. The molecule has 1 amide bonds. The van der Waals surface area contributed by atoms with Crippen LogP contribution in [0.1, 0.15) is 39.2 Å². The molecule has 0 spiro atoms. The Bertz CT molecular complexity index is 714. The van der Waals surface area contributed by atoms with E-state index >= 15 is 0 Å². The highest BCUT2D eigenvalue weighted by Crippen LogP contribution is 2.35. The van der Waals surface area contributed by atoms with Crippen LogP contribution in [0, 0.1) is 10.1 Å². The molecule has 0 radical (unpaired) electrons. The summed E-state index contributed by atoms with van der Waals surface area (Å²) in [6.07, 6.45) is 2.66. The van der Waals surface area contributed by atoms with E-state index in [-0.39, 0.29) is 17.5 Å². The van der Waals surface area contributed by atoms with E-state index in [2.05, 4.69) is 15.9 Å². The minimum Gasteiger partial charge on any atom is -0.502 e. The zero-order valence-electron chi connectivity index (χ0n) is 14.4. The largest absolute Gasteiger partial charge is 0.502 e. The van der Waals surface area contributed by atoms with Crippen LogP contribution in [0.25, 0.3) is 6.08 Å². The molecular weight excluding hydrogens is 392 g/mol. The number of halogens is 1. The number of nitrogens with zero attached hydrogens (tertiary/aromatic N) is 2. The second-order valence-corrected chi connectivity index (χ2v) is 7.81. The van der Waals surface area contributed by atoms with Gasteiger partial charge in [0.2, 0.25) is 5.75 Å². The summed E-state index contributed by atoms with van der Waals surface area (Å²) in [5, 5.41) is 21.1. The Kier molecular flexibility index (Phi) is 5.72. The summed E-state index contributed by atoms with van der Waals surface area (Å²) >= 11 is 3.22. The maximum atomic E-state index is 12.1. The number of piperidine rings is 1. The number of benzene rings is 1. The molecule has 1 aromatic carbocycles. The third kappa shape index (κ3) is 5.19. The lowest BCUT2D eigenvalue weighted by Crippen LogP contribution is -2.40. The summed E-state index contributed by atoms with van der Waals surface area (Å²) in [6, 6.07) is 2.90. The predicted molar refractivity (Wildman–Crippen MR) is 97.5 cm³/mol. The lowest BCUT2D eigenvalue weighted by Gasteiger charge is -2.31. The van der Waals surface area contributed by atoms with Crippen LogP contribution in [-0.2, 0) is 4.74 Å². The highest BCUT2D eigenvalue weighted by Gasteiger charge is 2.25. The van der Waals surface area contributed by atoms with Crippen LogP contribution in [0.2, 0.25) is 0 Å². The number of phenolic OH excluding ortho intramolecular Hbond substituents is 1. The van der Waals surface area contributed by atoms with Crippen molar-refractivity contribution in [1.29, 1.82) is 0 Å². The predicted octanol–water partition coefficient (Wildman–Crippen LogP) is 4.48. The van der Waals surface area contributed by atoms with E-state index in [9.17, 15) is 20.0 Å². The molecule has 0 aliphatic carbocycles. The first-order valence-corrected chi connectivity index (χ1v) is 8.70. The SMILES string of the molecule is CC(C)(C)OC(=O)N1CCC(=Cc2cc(Br)cc([N+](=O)[O-])c2O)CC1. The van der Waals surface area contributed by atoms with E-state index in [0.29, 0.717) is 36.0 Å². The van der Waals surface area contributed by atoms with E-state index in [4.69, 9.17) is 4.74 Å². The molecular formula is C17H21BrN2O5. The Hall–Kier alpha value is -2.09. The first-order chi connectivity index (χ1) is 11.6. The first kappa shape index (κ1) is 19.2. The number of nitro groups is 1. The fourth-order valence-electron chi connectivity index (χ4n) is 2.52. The number of rotatable bonds is 2. The van der Waals surface area contributed by atoms with Crippen LogP contribution in [0.4, 0.5) is 10.5 Å². The number of aromatic hydroxyl groups is 1. The van der Waals surface area contributed by atoms with Crippen molar-refractivity contribution in [3.05, 3.63) is 37.9 Å². The summed E-state index contributed by atoms with van der Waals surface area (Å²) in [5.74, 6) is -0.352. The molecule has 0 bridgehead atoms. The molecule has 136 valence electrons. The molecule has 1 saturated heterocycles. The Labute approximate surface area is 154 Å². The zero-order valence-corrected chi connectivity index (χ0v) is 16.0. The van der Waals surface area contributed by atoms with Gasteiger partial charge in [-0.15, -0.1) is 0 Å². The van der Waals surface area contributed by atoms with Gasteiger partial charge in [-0.3, -0.25) is 10.1 Å². The van der Waals surface area contributed by atoms with E-state index < -0.39 is 10.5 Å². The number of hydrogen-bond donors (Lipinski definition) is 1. The van der Waals surface area contributed by atoms with Crippen molar-refractivity contribution in [2.24, 2.45) is 0 Å². The monoisotopic (exact) mass is 412 g/mol. The van der Waals surface area contributed by atoms with Crippen molar-refractivity contribution in [3.63, 3.8) is 0 Å². The number of nitro benzene ring substituents is 1. The van der Waals surface area contributed by atoms with Gasteiger partial charge < -0.3 is 14.7 Å². The molecule has 2 rings (SSSR count). The van der Waals surface area contributed by atoms with Crippen LogP contribution in [0.3, 0.4) is 0 Å². The molecule has 0 atom stereocenters. The zero-order chi connectivity index (χ0) is 18.8. The third-order valence-electron chi connectivity index (χ3n) is 3.70. The van der Waals surface area contributed by atoms with Gasteiger partial charge in [-0.1, -0.05) is 27.6 Å². The van der Waals surface area contributed by atoms with Crippen molar-refractivity contribution < 1.29 is 19.6 Å². The normalized spacial score (nSPS) is 15.0. The third-order valence-corrected chi connectivity index (χ3v) is 4.16. The van der Waals surface area contributed by atoms with Crippen molar-refractivity contribution in [3.8, 4) is 5.75 Å². The van der Waals surface area contributed by atoms with Gasteiger partial charge in [0, 0.05) is 29.2 Å². The lowest BCUT2D eigenvalue weighted by molar-refractivity contribution is -0.385. The van der Waals surface area contributed by atoms with Crippen LogP contribution in [-0.4, -0.2) is 39.7 Å². The lowest BCUT2D eigenvalue weighted by atomic mass is 10.0. The van der Waals surface area contributed by atoms with E-state index in [0.717, 1.165) is 5.57 Å². The Morgan fingerprint density at radius 1 is 1.36 bits per heavy atom. The molecule has 1 fully saturated rings. The van der Waals surface area contributed by atoms with Crippen molar-refractivity contribution in [1.82, 2.24) is 4.90 Å². The number of likely N-dealkylation sites (tertiary alicyclic amines) is 1. The van der Waals surface area contributed by atoms with Gasteiger partial charge >= 0.3 is 11.8 Å². The molecule has 0 aromatic heterocycles. The van der Waals surface area contributed by atoms with Gasteiger partial charge in [0.25, 0.3) is 0 Å². The average molecular weight is 413 g/mol. The van der Waals surface area contributed by atoms with Gasteiger partial charge in [-0.25, -0.2) is 4.79 Å². The minimum absolute atomic E-state index is 0.340. The van der Waals surface area contributed by atoms with Gasteiger partial charge in [0.15, 0.2) is 0 Å². The molecule has 1 aliphatic rings. The molecule has 0 saturated carbocycles. The van der Waals surface area contributed by atoms with Crippen LogP contribution >= 0.6 is 15.9 Å².